The molecular weight excluding hydrogens is 583 g/mol. The number of hydrogen-bond acceptors (Lipinski definition) is 9. The Kier molecular flexibility index (Phi) is 7.73. The van der Waals surface area contributed by atoms with E-state index in [4.69, 9.17) is 4.98 Å². The van der Waals surface area contributed by atoms with E-state index in [0.29, 0.717) is 45.5 Å². The highest BCUT2D eigenvalue weighted by Crippen LogP contribution is 2.38. The number of aryl methyl sites for hydroxylation is 1. The summed E-state index contributed by atoms with van der Waals surface area (Å²) in [5.41, 5.74) is 2.70. The van der Waals surface area contributed by atoms with Crippen molar-refractivity contribution < 1.29 is 27.8 Å². The van der Waals surface area contributed by atoms with Gasteiger partial charge in [-0.2, -0.15) is 0 Å². The minimum Gasteiger partial charge on any atom is -0.406 e. The number of carbonyl (C=O) groups excluding carboxylic acids is 1. The molecule has 2 atom stereocenters. The fraction of sp³-hybridized carbons (Fsp3) is 0.483. The van der Waals surface area contributed by atoms with Crippen LogP contribution < -0.4 is 20.7 Å². The van der Waals surface area contributed by atoms with Crippen LogP contribution in [0.4, 0.5) is 24.3 Å². The number of hydrogen-bond donors (Lipinski definition) is 4. The fourth-order valence-electron chi connectivity index (χ4n) is 6.05. The van der Waals surface area contributed by atoms with Gasteiger partial charge in [-0.3, -0.25) is 9.69 Å². The van der Waals surface area contributed by atoms with Gasteiger partial charge in [0.25, 0.3) is 5.91 Å². The zero-order chi connectivity index (χ0) is 30.5. The maximum atomic E-state index is 13.6. The molecule has 2 aliphatic heterocycles. The number of aromatic nitrogens is 3. The summed E-state index contributed by atoms with van der Waals surface area (Å²) in [4.78, 5) is 25.3. The van der Waals surface area contributed by atoms with E-state index in [9.17, 15) is 23.1 Å². The summed E-state index contributed by atoms with van der Waals surface area (Å²) >= 11 is 1.19. The van der Waals surface area contributed by atoms with E-state index in [2.05, 4.69) is 30.6 Å². The lowest BCUT2D eigenvalue weighted by Gasteiger charge is -2.25. The second-order valence-corrected chi connectivity index (χ2v) is 12.9. The van der Waals surface area contributed by atoms with Crippen molar-refractivity contribution in [2.45, 2.75) is 50.6 Å². The Hall–Kier alpha value is -3.46. The van der Waals surface area contributed by atoms with Gasteiger partial charge in [0.15, 0.2) is 5.13 Å². The molecule has 43 heavy (non-hydrogen) atoms. The van der Waals surface area contributed by atoms with Crippen LogP contribution in [0.1, 0.15) is 48.5 Å². The van der Waals surface area contributed by atoms with Gasteiger partial charge in [0.05, 0.1) is 26.9 Å². The SMILES string of the molecule is Cn1c(Nc2nc3ccc(OC(F)(F)F)cc3s2)nc2c(C3CCN(CC(C)(C)O)C3)c(C(=O)NC3CCNC3)ccc21. The molecule has 2 fully saturated rings. The Morgan fingerprint density at radius 2 is 2.02 bits per heavy atom. The van der Waals surface area contributed by atoms with Gasteiger partial charge in [0.1, 0.15) is 5.75 Å². The number of carbonyl (C=O) groups is 1. The molecular formula is C29H34F3N7O3S. The van der Waals surface area contributed by atoms with E-state index >= 15 is 0 Å². The minimum atomic E-state index is -4.78. The molecule has 14 heteroatoms. The van der Waals surface area contributed by atoms with Crippen molar-refractivity contribution in [3.63, 3.8) is 0 Å². The molecule has 4 N–H and O–H groups in total. The molecule has 2 unspecified atom stereocenters. The van der Waals surface area contributed by atoms with Crippen molar-refractivity contribution in [3.05, 3.63) is 41.5 Å². The standard InChI is InChI=1S/C29H34F3N7O3S/c1-28(2,41)15-39-11-9-16(14-39)23-19(25(40)34-17-8-10-33-13-17)5-7-21-24(23)36-26(38(21)3)37-27-35-20-6-4-18(12-22(20)43-27)42-29(30,31)32/h4-7,12,16-17,33,41H,8-11,13-15H2,1-3H3,(H,34,40)(H,35,36,37). The van der Waals surface area contributed by atoms with Crippen molar-refractivity contribution in [1.29, 1.82) is 0 Å². The highest BCUT2D eigenvalue weighted by atomic mass is 32.1. The number of rotatable bonds is 8. The highest BCUT2D eigenvalue weighted by Gasteiger charge is 2.34. The molecule has 0 spiro atoms. The number of β-amino-alcohol motifs (C(OH)–C–C–N with tert-alkyl or cyclic N) is 1. The summed E-state index contributed by atoms with van der Waals surface area (Å²) in [6.07, 6.45) is -3.09. The fourth-order valence-corrected chi connectivity index (χ4v) is 6.94. The molecule has 6 rings (SSSR count). The van der Waals surface area contributed by atoms with Gasteiger partial charge in [0, 0.05) is 50.3 Å². The van der Waals surface area contributed by atoms with Gasteiger partial charge in [-0.15, -0.1) is 13.2 Å². The van der Waals surface area contributed by atoms with Gasteiger partial charge in [-0.1, -0.05) is 11.3 Å². The number of halogens is 3. The molecule has 0 bridgehead atoms. The van der Waals surface area contributed by atoms with Crippen LogP contribution in [0, 0.1) is 0 Å². The third-order valence-electron chi connectivity index (χ3n) is 7.84. The Bertz CT molecular complexity index is 1660. The lowest BCUT2D eigenvalue weighted by atomic mass is 9.91. The molecule has 4 aromatic rings. The predicted molar refractivity (Wildman–Crippen MR) is 159 cm³/mol. The van der Waals surface area contributed by atoms with E-state index in [1.165, 1.54) is 29.5 Å². The molecule has 0 saturated carbocycles. The second-order valence-electron chi connectivity index (χ2n) is 11.9. The van der Waals surface area contributed by atoms with Gasteiger partial charge < -0.3 is 30.4 Å². The number of alkyl halides is 3. The van der Waals surface area contributed by atoms with E-state index in [0.717, 1.165) is 43.6 Å². The number of benzene rings is 2. The Morgan fingerprint density at radius 1 is 1.21 bits per heavy atom. The summed E-state index contributed by atoms with van der Waals surface area (Å²) in [5.74, 6) is 0.0865. The topological polar surface area (TPSA) is 117 Å². The van der Waals surface area contributed by atoms with Crippen molar-refractivity contribution in [2.75, 3.05) is 38.0 Å². The number of imidazole rings is 1. The monoisotopic (exact) mass is 617 g/mol. The van der Waals surface area contributed by atoms with Crippen LogP contribution in [0.3, 0.4) is 0 Å². The molecule has 2 aromatic carbocycles. The number of nitrogens with zero attached hydrogens (tertiary/aromatic N) is 4. The first-order chi connectivity index (χ1) is 20.3. The van der Waals surface area contributed by atoms with Gasteiger partial charge in [-0.25, -0.2) is 9.97 Å². The van der Waals surface area contributed by atoms with Crippen LogP contribution in [-0.4, -0.2) is 81.2 Å². The van der Waals surface area contributed by atoms with Crippen LogP contribution in [0.2, 0.25) is 0 Å². The molecule has 0 aliphatic carbocycles. The zero-order valence-corrected chi connectivity index (χ0v) is 24.9. The van der Waals surface area contributed by atoms with Crippen molar-refractivity contribution in [2.24, 2.45) is 7.05 Å². The number of thiazole rings is 1. The van der Waals surface area contributed by atoms with Crippen molar-refractivity contribution in [3.8, 4) is 5.75 Å². The van der Waals surface area contributed by atoms with Gasteiger partial charge in [-0.05, 0) is 69.6 Å². The van der Waals surface area contributed by atoms with Crippen LogP contribution in [0.15, 0.2) is 30.3 Å². The number of fused-ring (bicyclic) bond motifs is 2. The summed E-state index contributed by atoms with van der Waals surface area (Å²) < 4.78 is 44.6. The molecule has 0 radical (unpaired) electrons. The number of nitrogens with one attached hydrogen (secondary N) is 3. The summed E-state index contributed by atoms with van der Waals surface area (Å²) in [6.45, 7) is 7.18. The van der Waals surface area contributed by atoms with Crippen LogP contribution in [0.25, 0.3) is 21.3 Å². The number of amides is 1. The Labute approximate surface area is 250 Å². The molecule has 2 aliphatic rings. The molecule has 230 valence electrons. The number of ether oxygens (including phenoxy) is 1. The number of anilines is 2. The number of aliphatic hydroxyl groups is 1. The van der Waals surface area contributed by atoms with Gasteiger partial charge in [0.2, 0.25) is 5.95 Å². The molecule has 10 nitrogen and oxygen atoms in total. The molecule has 2 aromatic heterocycles. The van der Waals surface area contributed by atoms with Crippen LogP contribution in [0.5, 0.6) is 5.75 Å². The van der Waals surface area contributed by atoms with E-state index < -0.39 is 12.0 Å². The Balaban J connectivity index is 1.34. The van der Waals surface area contributed by atoms with E-state index in [-0.39, 0.29) is 23.6 Å². The average Bonchev–Trinajstić information content (AvgIpc) is 3.70. The maximum Gasteiger partial charge on any atom is 0.573 e. The minimum absolute atomic E-state index is 0.0331. The average molecular weight is 618 g/mol. The molecule has 4 heterocycles. The lowest BCUT2D eigenvalue weighted by Crippen LogP contribution is -2.38. The largest absolute Gasteiger partial charge is 0.573 e. The van der Waals surface area contributed by atoms with Crippen LogP contribution >= 0.6 is 11.3 Å². The predicted octanol–water partition coefficient (Wildman–Crippen LogP) is 4.48. The van der Waals surface area contributed by atoms with Gasteiger partial charge >= 0.3 is 6.36 Å². The highest BCUT2D eigenvalue weighted by molar-refractivity contribution is 7.22. The lowest BCUT2D eigenvalue weighted by molar-refractivity contribution is -0.274. The third-order valence-corrected chi connectivity index (χ3v) is 8.77. The summed E-state index contributed by atoms with van der Waals surface area (Å²) in [7, 11) is 1.86. The summed E-state index contributed by atoms with van der Waals surface area (Å²) in [5, 5.41) is 20.6. The smallest absolute Gasteiger partial charge is 0.406 e. The van der Waals surface area contributed by atoms with E-state index in [1.807, 2.05) is 23.7 Å². The Morgan fingerprint density at radius 3 is 2.74 bits per heavy atom. The van der Waals surface area contributed by atoms with Crippen molar-refractivity contribution in [1.82, 2.24) is 30.1 Å². The molecule has 2 saturated heterocycles. The first-order valence-corrected chi connectivity index (χ1v) is 15.0. The first kappa shape index (κ1) is 29.6. The van der Waals surface area contributed by atoms with Crippen LogP contribution in [-0.2, 0) is 7.05 Å². The van der Waals surface area contributed by atoms with E-state index in [1.54, 1.807) is 13.8 Å². The normalized spacial score (nSPS) is 19.9. The number of likely N-dealkylation sites (tertiary alicyclic amines) is 1. The second kappa shape index (κ2) is 11.2. The maximum absolute atomic E-state index is 13.6. The molecule has 1 amide bonds. The van der Waals surface area contributed by atoms with Crippen molar-refractivity contribution >= 4 is 49.6 Å². The quantitative estimate of drug-likeness (QED) is 0.229. The first-order valence-electron chi connectivity index (χ1n) is 14.2. The third kappa shape index (κ3) is 6.56. The zero-order valence-electron chi connectivity index (χ0n) is 24.1. The summed E-state index contributed by atoms with van der Waals surface area (Å²) in [6, 6.07) is 7.84.